The van der Waals surface area contributed by atoms with Crippen LogP contribution in [0, 0.1) is 0 Å². The van der Waals surface area contributed by atoms with Crippen LogP contribution in [-0.2, 0) is 0 Å². The standard InChI is InChI=1S/C12H9N3O.2H2/c16-12-14-10-4-3-8(6-11(10)15-12)9-2-1-5-13-7-9;;/h1-7H,(H2,14,15,16);2*1H. The molecular weight excluding hydrogens is 202 g/mol. The Bertz CT molecular complexity index is 691. The normalized spacial score (nSPS) is 10.8. The zero-order valence-corrected chi connectivity index (χ0v) is 8.40. The molecule has 0 atom stereocenters. The molecule has 4 heteroatoms. The Morgan fingerprint density at radius 2 is 1.94 bits per heavy atom. The number of fused-ring (bicyclic) bond motifs is 1. The topological polar surface area (TPSA) is 61.5 Å². The van der Waals surface area contributed by atoms with Crippen LogP contribution in [0.4, 0.5) is 0 Å². The second-order valence-electron chi connectivity index (χ2n) is 3.58. The van der Waals surface area contributed by atoms with Crippen LogP contribution in [0.25, 0.3) is 22.2 Å². The molecule has 4 nitrogen and oxygen atoms in total. The first-order valence-electron chi connectivity index (χ1n) is 4.95. The number of imidazole rings is 1. The van der Waals surface area contributed by atoms with Gasteiger partial charge >= 0.3 is 5.69 Å². The Labute approximate surface area is 93.9 Å². The average molecular weight is 215 g/mol. The molecule has 0 fully saturated rings. The quantitative estimate of drug-likeness (QED) is 0.654. The molecule has 1 aromatic carbocycles. The molecule has 0 aliphatic rings. The fraction of sp³-hybridized carbons (Fsp3) is 0. The zero-order valence-electron chi connectivity index (χ0n) is 8.40. The van der Waals surface area contributed by atoms with E-state index < -0.39 is 0 Å². The lowest BCUT2D eigenvalue weighted by molar-refractivity contribution is 1.22. The lowest BCUT2D eigenvalue weighted by Crippen LogP contribution is -1.99. The van der Waals surface area contributed by atoms with Gasteiger partial charge in [0.25, 0.3) is 0 Å². The third kappa shape index (κ3) is 1.40. The molecule has 2 aromatic heterocycles. The van der Waals surface area contributed by atoms with E-state index in [1.165, 1.54) is 0 Å². The number of hydrogen-bond donors (Lipinski definition) is 2. The van der Waals surface area contributed by atoms with Crippen LogP contribution in [0.2, 0.25) is 0 Å². The number of rotatable bonds is 1. The van der Waals surface area contributed by atoms with E-state index in [1.807, 2.05) is 30.3 Å². The van der Waals surface area contributed by atoms with Gasteiger partial charge in [-0.25, -0.2) is 4.79 Å². The van der Waals surface area contributed by atoms with Crippen LogP contribution in [0.15, 0.2) is 47.5 Å². The predicted molar refractivity (Wildman–Crippen MR) is 66.4 cm³/mol. The van der Waals surface area contributed by atoms with E-state index in [2.05, 4.69) is 15.0 Å². The van der Waals surface area contributed by atoms with Gasteiger partial charge in [0.1, 0.15) is 0 Å². The van der Waals surface area contributed by atoms with Crippen molar-refractivity contribution >= 4 is 11.0 Å². The van der Waals surface area contributed by atoms with Gasteiger partial charge in [-0.15, -0.1) is 0 Å². The number of nitrogens with one attached hydrogen (secondary N) is 2. The van der Waals surface area contributed by atoms with Crippen molar-refractivity contribution in [3.63, 3.8) is 0 Å². The molecule has 3 rings (SSSR count). The molecule has 0 unspecified atom stereocenters. The van der Waals surface area contributed by atoms with Gasteiger partial charge in [0.15, 0.2) is 0 Å². The van der Waals surface area contributed by atoms with E-state index >= 15 is 0 Å². The molecule has 3 aromatic rings. The van der Waals surface area contributed by atoms with Crippen molar-refractivity contribution in [2.24, 2.45) is 0 Å². The third-order valence-electron chi connectivity index (χ3n) is 2.51. The number of hydrogen-bond acceptors (Lipinski definition) is 2. The SMILES string of the molecule is O=c1[nH]c2ccc(-c3cccnc3)cc2[nH]1.[HH].[HH]. The molecule has 0 aliphatic carbocycles. The minimum atomic E-state index is -0.182. The minimum Gasteiger partial charge on any atom is -0.306 e. The highest BCUT2D eigenvalue weighted by molar-refractivity contribution is 5.81. The van der Waals surface area contributed by atoms with Gasteiger partial charge in [0.05, 0.1) is 11.0 Å². The molecule has 0 amide bonds. The number of benzene rings is 1. The van der Waals surface area contributed by atoms with Gasteiger partial charge in [-0.1, -0.05) is 12.1 Å². The van der Waals surface area contributed by atoms with E-state index in [0.29, 0.717) is 0 Å². The maximum atomic E-state index is 11.1. The fourth-order valence-electron chi connectivity index (χ4n) is 1.75. The Morgan fingerprint density at radius 3 is 2.75 bits per heavy atom. The fourth-order valence-corrected chi connectivity index (χ4v) is 1.75. The summed E-state index contributed by atoms with van der Waals surface area (Å²) in [4.78, 5) is 20.6. The van der Waals surface area contributed by atoms with E-state index in [1.54, 1.807) is 12.4 Å². The Kier molecular flexibility index (Phi) is 1.86. The van der Waals surface area contributed by atoms with Crippen molar-refractivity contribution < 1.29 is 2.85 Å². The lowest BCUT2D eigenvalue weighted by atomic mass is 10.1. The van der Waals surface area contributed by atoms with Crippen LogP contribution in [0.5, 0.6) is 0 Å². The molecule has 16 heavy (non-hydrogen) atoms. The highest BCUT2D eigenvalue weighted by Gasteiger charge is 2.01. The third-order valence-corrected chi connectivity index (χ3v) is 2.51. The summed E-state index contributed by atoms with van der Waals surface area (Å²) >= 11 is 0. The van der Waals surface area contributed by atoms with Crippen molar-refractivity contribution in [3.8, 4) is 11.1 Å². The Morgan fingerprint density at radius 1 is 1.06 bits per heavy atom. The summed E-state index contributed by atoms with van der Waals surface area (Å²) in [6.07, 6.45) is 3.53. The second-order valence-corrected chi connectivity index (χ2v) is 3.58. The molecule has 0 bridgehead atoms. The molecule has 0 spiro atoms. The summed E-state index contributed by atoms with van der Waals surface area (Å²) in [6, 6.07) is 9.65. The predicted octanol–water partition coefficient (Wildman–Crippen LogP) is 2.41. The van der Waals surface area contributed by atoms with Gasteiger partial charge in [-0.3, -0.25) is 4.98 Å². The molecule has 82 valence electrons. The van der Waals surface area contributed by atoms with Crippen molar-refractivity contribution in [2.75, 3.05) is 0 Å². The smallest absolute Gasteiger partial charge is 0.306 e. The average Bonchev–Trinajstić information content (AvgIpc) is 2.69. The van der Waals surface area contributed by atoms with Crippen LogP contribution in [0.1, 0.15) is 2.85 Å². The molecule has 2 N–H and O–H groups in total. The summed E-state index contributed by atoms with van der Waals surface area (Å²) in [7, 11) is 0. The first-order chi connectivity index (χ1) is 7.83. The van der Waals surface area contributed by atoms with Crippen molar-refractivity contribution in [2.45, 2.75) is 0 Å². The molecule has 0 aliphatic heterocycles. The van der Waals surface area contributed by atoms with Gasteiger partial charge in [-0.05, 0) is 23.8 Å². The highest BCUT2D eigenvalue weighted by Crippen LogP contribution is 2.20. The number of aromatic amines is 2. The number of pyridine rings is 1. The first-order valence-corrected chi connectivity index (χ1v) is 4.95. The molecule has 0 radical (unpaired) electrons. The Balaban J connectivity index is 0.000000810. The van der Waals surface area contributed by atoms with E-state index in [-0.39, 0.29) is 8.54 Å². The molecule has 2 heterocycles. The van der Waals surface area contributed by atoms with Crippen molar-refractivity contribution in [1.29, 1.82) is 0 Å². The number of H-pyrrole nitrogens is 2. The summed E-state index contributed by atoms with van der Waals surface area (Å²) in [5.41, 5.74) is 3.52. The van der Waals surface area contributed by atoms with Crippen LogP contribution in [-0.4, -0.2) is 15.0 Å². The Hall–Kier alpha value is -2.36. The molecule has 0 saturated carbocycles. The first kappa shape index (κ1) is 8.91. The van der Waals surface area contributed by atoms with Crippen LogP contribution in [0.3, 0.4) is 0 Å². The monoisotopic (exact) mass is 215 g/mol. The largest absolute Gasteiger partial charge is 0.323 e. The zero-order chi connectivity index (χ0) is 11.0. The summed E-state index contributed by atoms with van der Waals surface area (Å²) in [5, 5.41) is 0. The number of nitrogens with zero attached hydrogens (tertiary/aromatic N) is 1. The minimum absolute atomic E-state index is 0. The van der Waals surface area contributed by atoms with Crippen molar-refractivity contribution in [3.05, 3.63) is 53.2 Å². The lowest BCUT2D eigenvalue weighted by Gasteiger charge is -1.99. The maximum Gasteiger partial charge on any atom is 0.323 e. The van der Waals surface area contributed by atoms with Gasteiger partial charge in [0.2, 0.25) is 0 Å². The van der Waals surface area contributed by atoms with Gasteiger partial charge < -0.3 is 9.97 Å². The van der Waals surface area contributed by atoms with Crippen LogP contribution < -0.4 is 5.69 Å². The van der Waals surface area contributed by atoms with E-state index in [0.717, 1.165) is 22.2 Å². The molecular formula is C12H13N3O. The van der Waals surface area contributed by atoms with E-state index in [9.17, 15) is 4.79 Å². The summed E-state index contributed by atoms with van der Waals surface area (Å²) in [6.45, 7) is 0. The summed E-state index contributed by atoms with van der Waals surface area (Å²) in [5.74, 6) is 0. The molecule has 0 saturated heterocycles. The second kappa shape index (κ2) is 3.34. The van der Waals surface area contributed by atoms with E-state index in [4.69, 9.17) is 0 Å². The van der Waals surface area contributed by atoms with Crippen LogP contribution >= 0.6 is 0 Å². The number of aromatic nitrogens is 3. The highest BCUT2D eigenvalue weighted by atomic mass is 16.1. The van der Waals surface area contributed by atoms with Crippen molar-refractivity contribution in [1.82, 2.24) is 15.0 Å². The summed E-state index contributed by atoms with van der Waals surface area (Å²) < 4.78 is 0. The van der Waals surface area contributed by atoms with Gasteiger partial charge in [0, 0.05) is 20.8 Å². The van der Waals surface area contributed by atoms with Gasteiger partial charge in [-0.2, -0.15) is 0 Å². The maximum absolute atomic E-state index is 11.1.